The lowest BCUT2D eigenvalue weighted by molar-refractivity contribution is 0.415. The summed E-state index contributed by atoms with van der Waals surface area (Å²) in [7, 11) is 1.58. The number of nitriles is 1. The number of nitrogens with zero attached hydrogens (tertiary/aromatic N) is 3. The number of anilines is 1. The van der Waals surface area contributed by atoms with Gasteiger partial charge in [-0.2, -0.15) is 5.26 Å². The Hall–Kier alpha value is -4.11. The monoisotopic (exact) mass is 396 g/mol. The number of methoxy groups -OCH3 is 1. The molecule has 30 heavy (non-hydrogen) atoms. The number of aromatic nitrogens is 2. The van der Waals surface area contributed by atoms with Crippen molar-refractivity contribution in [2.45, 2.75) is 6.54 Å². The van der Waals surface area contributed by atoms with Crippen molar-refractivity contribution in [1.82, 2.24) is 9.55 Å². The molecule has 0 bridgehead atoms. The number of fused-ring (bicyclic) bond motifs is 1. The molecule has 2 aromatic carbocycles. The predicted molar refractivity (Wildman–Crippen MR) is 118 cm³/mol. The molecule has 0 atom stereocenters. The fraction of sp³-hybridized carbons (Fsp3) is 0.125. The van der Waals surface area contributed by atoms with Crippen molar-refractivity contribution < 1.29 is 4.74 Å². The van der Waals surface area contributed by atoms with Crippen molar-refractivity contribution >= 4 is 16.6 Å². The van der Waals surface area contributed by atoms with Gasteiger partial charge in [0.15, 0.2) is 0 Å². The van der Waals surface area contributed by atoms with Crippen LogP contribution in [0.1, 0.15) is 5.69 Å². The van der Waals surface area contributed by atoms with Crippen LogP contribution < -0.4 is 15.6 Å². The summed E-state index contributed by atoms with van der Waals surface area (Å²) in [4.78, 5) is 17.5. The van der Waals surface area contributed by atoms with E-state index in [-0.39, 0.29) is 5.56 Å². The third-order valence-electron chi connectivity index (χ3n) is 4.95. The van der Waals surface area contributed by atoms with Gasteiger partial charge in [-0.25, -0.2) is 4.98 Å². The molecule has 0 saturated heterocycles. The Kier molecular flexibility index (Phi) is 5.44. The molecule has 0 unspecified atom stereocenters. The molecule has 148 valence electrons. The second-order valence-electron chi connectivity index (χ2n) is 6.71. The second kappa shape index (κ2) is 8.50. The van der Waals surface area contributed by atoms with Gasteiger partial charge in [0.05, 0.1) is 7.11 Å². The van der Waals surface area contributed by atoms with Crippen LogP contribution in [0.4, 0.5) is 5.82 Å². The maximum Gasteiger partial charge on any atom is 0.259 e. The zero-order chi connectivity index (χ0) is 20.9. The van der Waals surface area contributed by atoms with Crippen LogP contribution in [0.3, 0.4) is 0 Å². The van der Waals surface area contributed by atoms with Gasteiger partial charge in [-0.3, -0.25) is 9.36 Å². The van der Waals surface area contributed by atoms with Crippen LogP contribution in [-0.2, 0) is 6.54 Å². The first kappa shape index (κ1) is 19.2. The maximum absolute atomic E-state index is 13.3. The van der Waals surface area contributed by atoms with Gasteiger partial charge in [0.25, 0.3) is 5.56 Å². The summed E-state index contributed by atoms with van der Waals surface area (Å²) in [5.41, 5.74) is 1.73. The molecule has 0 spiro atoms. The standard InChI is InChI=1S/C24H20N4O2/c1-30-18-10-11-19-20(15-18)23(17-7-3-2-4-8-17)21(16-25)28(24(19)29)14-13-27-22-9-5-6-12-26-22/h2-12,15H,13-14H2,1H3,(H,26,27). The van der Waals surface area contributed by atoms with Crippen molar-refractivity contribution in [3.63, 3.8) is 0 Å². The number of benzene rings is 2. The van der Waals surface area contributed by atoms with E-state index in [1.165, 1.54) is 4.57 Å². The third-order valence-corrected chi connectivity index (χ3v) is 4.95. The molecule has 0 aliphatic rings. The van der Waals surface area contributed by atoms with Crippen LogP contribution in [0.5, 0.6) is 5.75 Å². The van der Waals surface area contributed by atoms with E-state index in [9.17, 15) is 10.1 Å². The molecule has 4 rings (SSSR count). The van der Waals surface area contributed by atoms with Gasteiger partial charge in [-0.05, 0) is 35.9 Å². The summed E-state index contributed by atoms with van der Waals surface area (Å²) >= 11 is 0. The van der Waals surface area contributed by atoms with E-state index in [2.05, 4.69) is 16.4 Å². The summed E-state index contributed by atoms with van der Waals surface area (Å²) in [5.74, 6) is 1.36. The fourth-order valence-electron chi connectivity index (χ4n) is 3.54. The molecule has 0 saturated carbocycles. The molecule has 1 N–H and O–H groups in total. The van der Waals surface area contributed by atoms with E-state index in [4.69, 9.17) is 4.74 Å². The van der Waals surface area contributed by atoms with Gasteiger partial charge in [0.1, 0.15) is 23.3 Å². The van der Waals surface area contributed by atoms with Crippen molar-refractivity contribution in [3.05, 3.63) is 89.0 Å². The molecule has 0 fully saturated rings. The highest BCUT2D eigenvalue weighted by molar-refractivity contribution is 5.99. The second-order valence-corrected chi connectivity index (χ2v) is 6.71. The lowest BCUT2D eigenvalue weighted by Gasteiger charge is -2.17. The van der Waals surface area contributed by atoms with Gasteiger partial charge in [-0.15, -0.1) is 0 Å². The predicted octanol–water partition coefficient (Wildman–Crippen LogP) is 4.06. The Bertz CT molecular complexity index is 1280. The normalized spacial score (nSPS) is 10.5. The summed E-state index contributed by atoms with van der Waals surface area (Å²) in [6.07, 6.45) is 1.70. The quantitative estimate of drug-likeness (QED) is 0.532. The smallest absolute Gasteiger partial charge is 0.259 e. The SMILES string of the molecule is COc1ccc2c(=O)n(CCNc3ccccn3)c(C#N)c(-c3ccccc3)c2c1. The van der Waals surface area contributed by atoms with Gasteiger partial charge >= 0.3 is 0 Å². The Morgan fingerprint density at radius 1 is 1.07 bits per heavy atom. The molecular weight excluding hydrogens is 376 g/mol. The highest BCUT2D eigenvalue weighted by Gasteiger charge is 2.18. The third kappa shape index (κ3) is 3.61. The molecule has 6 nitrogen and oxygen atoms in total. The highest BCUT2D eigenvalue weighted by atomic mass is 16.5. The minimum absolute atomic E-state index is 0.202. The van der Waals surface area contributed by atoms with Crippen LogP contribution in [0, 0.1) is 11.3 Å². The Morgan fingerprint density at radius 3 is 2.57 bits per heavy atom. The Labute approximate surface area is 174 Å². The summed E-state index contributed by atoms with van der Waals surface area (Å²) < 4.78 is 6.90. The molecule has 0 radical (unpaired) electrons. The van der Waals surface area contributed by atoms with E-state index in [0.717, 1.165) is 16.9 Å². The molecule has 2 heterocycles. The minimum atomic E-state index is -0.202. The number of nitrogens with one attached hydrogen (secondary N) is 1. The van der Waals surface area contributed by atoms with E-state index in [0.29, 0.717) is 35.3 Å². The zero-order valence-electron chi connectivity index (χ0n) is 16.5. The summed E-state index contributed by atoms with van der Waals surface area (Å²) in [6.45, 7) is 0.793. The first-order valence-electron chi connectivity index (χ1n) is 9.58. The van der Waals surface area contributed by atoms with Crippen LogP contribution >= 0.6 is 0 Å². The van der Waals surface area contributed by atoms with Crippen LogP contribution in [-0.4, -0.2) is 23.2 Å². The topological polar surface area (TPSA) is 79.9 Å². The van der Waals surface area contributed by atoms with Crippen LogP contribution in [0.15, 0.2) is 77.7 Å². The van der Waals surface area contributed by atoms with Gasteiger partial charge in [-0.1, -0.05) is 36.4 Å². The fourth-order valence-corrected chi connectivity index (χ4v) is 3.54. The minimum Gasteiger partial charge on any atom is -0.497 e. The zero-order valence-corrected chi connectivity index (χ0v) is 16.5. The molecule has 0 aliphatic carbocycles. The van der Waals surface area contributed by atoms with Gasteiger partial charge < -0.3 is 10.1 Å². The first-order valence-corrected chi connectivity index (χ1v) is 9.58. The van der Waals surface area contributed by atoms with Crippen LogP contribution in [0.25, 0.3) is 21.9 Å². The van der Waals surface area contributed by atoms with Gasteiger partial charge in [0.2, 0.25) is 0 Å². The number of rotatable bonds is 6. The molecule has 6 heteroatoms. The van der Waals surface area contributed by atoms with Crippen molar-refractivity contribution in [3.8, 4) is 22.9 Å². The molecule has 4 aromatic rings. The number of pyridine rings is 2. The first-order chi connectivity index (χ1) is 14.7. The summed E-state index contributed by atoms with van der Waals surface area (Å²) in [5, 5.41) is 14.5. The maximum atomic E-state index is 13.3. The van der Waals surface area contributed by atoms with Crippen molar-refractivity contribution in [2.24, 2.45) is 0 Å². The molecule has 0 amide bonds. The average molecular weight is 396 g/mol. The van der Waals surface area contributed by atoms with Crippen molar-refractivity contribution in [1.29, 1.82) is 5.26 Å². The van der Waals surface area contributed by atoms with Crippen LogP contribution in [0.2, 0.25) is 0 Å². The lowest BCUT2D eigenvalue weighted by Crippen LogP contribution is -2.27. The summed E-state index contributed by atoms with van der Waals surface area (Å²) in [6, 6.07) is 22.8. The lowest BCUT2D eigenvalue weighted by atomic mass is 9.97. The molecule has 0 aliphatic heterocycles. The van der Waals surface area contributed by atoms with E-state index in [1.807, 2.05) is 54.6 Å². The number of hydrogen-bond acceptors (Lipinski definition) is 5. The number of ether oxygens (including phenoxy) is 1. The molecule has 2 aromatic heterocycles. The Balaban J connectivity index is 1.87. The van der Waals surface area contributed by atoms with E-state index in [1.54, 1.807) is 25.4 Å². The average Bonchev–Trinajstić information content (AvgIpc) is 2.81. The molecular formula is C24H20N4O2. The highest BCUT2D eigenvalue weighted by Crippen LogP contribution is 2.32. The van der Waals surface area contributed by atoms with E-state index < -0.39 is 0 Å². The number of hydrogen-bond donors (Lipinski definition) is 1. The van der Waals surface area contributed by atoms with Gasteiger partial charge in [0, 0.05) is 35.6 Å². The largest absolute Gasteiger partial charge is 0.497 e. The van der Waals surface area contributed by atoms with Crippen molar-refractivity contribution in [2.75, 3.05) is 19.0 Å². The van der Waals surface area contributed by atoms with E-state index >= 15 is 0 Å². The Morgan fingerprint density at radius 2 is 1.87 bits per heavy atom.